The van der Waals surface area contributed by atoms with Crippen molar-refractivity contribution >= 4 is 8.56 Å². The van der Waals surface area contributed by atoms with E-state index < -0.39 is 8.56 Å². The smallest absolute Gasteiger partial charge is 0.346 e. The molecule has 0 fully saturated rings. The van der Waals surface area contributed by atoms with Crippen LogP contribution in [0.5, 0.6) is 0 Å². The molecular formula is C20H24O2Si. The van der Waals surface area contributed by atoms with Crippen LogP contribution in [0, 0.1) is 0 Å². The van der Waals surface area contributed by atoms with E-state index in [1.165, 1.54) is 0 Å². The number of rotatable bonds is 10. The largest absolute Gasteiger partial charge is 0.389 e. The van der Waals surface area contributed by atoms with Crippen molar-refractivity contribution < 1.29 is 8.85 Å². The van der Waals surface area contributed by atoms with Gasteiger partial charge in [-0.2, -0.15) is 0 Å². The molecule has 0 spiro atoms. The lowest BCUT2D eigenvalue weighted by atomic mass is 10.2. The maximum atomic E-state index is 6.29. The van der Waals surface area contributed by atoms with Gasteiger partial charge in [-0.3, -0.25) is 0 Å². The summed E-state index contributed by atoms with van der Waals surface area (Å²) in [6.07, 6.45) is 3.79. The molecule has 0 unspecified atom stereocenters. The molecule has 2 nitrogen and oxygen atoms in total. The molecule has 0 atom stereocenters. The second-order valence-corrected chi connectivity index (χ2v) is 8.66. The number of allylic oxidation sites excluding steroid dienone is 2. The van der Waals surface area contributed by atoms with Crippen molar-refractivity contribution in [2.45, 2.75) is 25.3 Å². The highest BCUT2D eigenvalue weighted by molar-refractivity contribution is 6.68. The Kier molecular flexibility index (Phi) is 7.00. The molecule has 0 aliphatic carbocycles. The maximum absolute atomic E-state index is 6.29. The van der Waals surface area contributed by atoms with Gasteiger partial charge in [-0.05, 0) is 11.1 Å². The molecule has 0 saturated carbocycles. The van der Waals surface area contributed by atoms with Crippen LogP contribution in [-0.4, -0.2) is 8.56 Å². The van der Waals surface area contributed by atoms with Crippen molar-refractivity contribution in [2.75, 3.05) is 0 Å². The molecule has 0 N–H and O–H groups in total. The molecule has 0 amide bonds. The maximum Gasteiger partial charge on any atom is 0.346 e. The first-order valence-electron chi connectivity index (χ1n) is 7.85. The average Bonchev–Trinajstić information content (AvgIpc) is 2.60. The van der Waals surface area contributed by atoms with Crippen molar-refractivity contribution in [3.8, 4) is 0 Å². The van der Waals surface area contributed by atoms with Gasteiger partial charge in [0, 0.05) is 12.1 Å². The Morgan fingerprint density at radius 2 is 1.09 bits per heavy atom. The van der Waals surface area contributed by atoms with Crippen LogP contribution in [0.4, 0.5) is 0 Å². The van der Waals surface area contributed by atoms with Gasteiger partial charge in [-0.25, -0.2) is 0 Å². The molecule has 2 aromatic rings. The monoisotopic (exact) mass is 324 g/mol. The Balaban J connectivity index is 2.06. The fourth-order valence-electron chi connectivity index (χ4n) is 2.38. The summed E-state index contributed by atoms with van der Waals surface area (Å²) in [7, 11) is -2.40. The lowest BCUT2D eigenvalue weighted by Gasteiger charge is -2.29. The fourth-order valence-corrected chi connectivity index (χ4v) is 4.84. The highest BCUT2D eigenvalue weighted by Crippen LogP contribution is 2.24. The highest BCUT2D eigenvalue weighted by atomic mass is 28.4. The molecule has 0 aliphatic heterocycles. The normalized spacial score (nSPS) is 11.1. The van der Waals surface area contributed by atoms with E-state index in [-0.39, 0.29) is 0 Å². The Labute approximate surface area is 140 Å². The second-order valence-electron chi connectivity index (χ2n) is 5.44. The van der Waals surface area contributed by atoms with Gasteiger partial charge in [0.15, 0.2) is 0 Å². The van der Waals surface area contributed by atoms with Crippen LogP contribution in [0.25, 0.3) is 0 Å². The van der Waals surface area contributed by atoms with E-state index in [2.05, 4.69) is 37.4 Å². The Bertz CT molecular complexity index is 540. The standard InChI is InChI=1S/C20H24O2Si/c1-3-15-23(16-4-2,21-17-19-11-7-5-8-12-19)22-18-20-13-9-6-10-14-20/h3-14H,1-2,15-18H2. The minimum absolute atomic E-state index is 0.559. The topological polar surface area (TPSA) is 18.5 Å². The molecular weight excluding hydrogens is 300 g/mol. The molecule has 2 aromatic carbocycles. The van der Waals surface area contributed by atoms with Crippen LogP contribution in [0.1, 0.15) is 11.1 Å². The molecule has 0 heterocycles. The van der Waals surface area contributed by atoms with Crippen molar-refractivity contribution in [2.24, 2.45) is 0 Å². The predicted molar refractivity (Wildman–Crippen MR) is 98.2 cm³/mol. The van der Waals surface area contributed by atoms with Crippen LogP contribution >= 0.6 is 0 Å². The van der Waals surface area contributed by atoms with Crippen LogP contribution in [0.15, 0.2) is 86.0 Å². The average molecular weight is 324 g/mol. The SMILES string of the molecule is C=CC[Si](CC=C)(OCc1ccccc1)OCc1ccccc1. The zero-order valence-electron chi connectivity index (χ0n) is 13.5. The molecule has 2 rings (SSSR count). The number of hydrogen-bond donors (Lipinski definition) is 0. The Hall–Kier alpha value is -1.94. The minimum atomic E-state index is -2.40. The molecule has 0 aliphatic rings. The summed E-state index contributed by atoms with van der Waals surface area (Å²) in [5, 5.41) is 0. The third-order valence-electron chi connectivity index (χ3n) is 3.60. The summed E-state index contributed by atoms with van der Waals surface area (Å²) < 4.78 is 12.6. The van der Waals surface area contributed by atoms with Crippen LogP contribution in [-0.2, 0) is 22.1 Å². The third-order valence-corrected chi connectivity index (χ3v) is 6.76. The predicted octanol–water partition coefficient (Wildman–Crippen LogP) is 5.23. The van der Waals surface area contributed by atoms with Gasteiger partial charge >= 0.3 is 8.56 Å². The lowest BCUT2D eigenvalue weighted by molar-refractivity contribution is 0.157. The summed E-state index contributed by atoms with van der Waals surface area (Å²) >= 11 is 0. The second kappa shape index (κ2) is 9.25. The van der Waals surface area contributed by atoms with E-state index in [4.69, 9.17) is 8.85 Å². The zero-order valence-corrected chi connectivity index (χ0v) is 14.5. The van der Waals surface area contributed by atoms with Gasteiger partial charge < -0.3 is 8.85 Å². The summed E-state index contributed by atoms with van der Waals surface area (Å²) in [4.78, 5) is 0. The first kappa shape index (κ1) is 17.4. The summed E-state index contributed by atoms with van der Waals surface area (Å²) in [5.41, 5.74) is 2.31. The molecule has 0 saturated heterocycles. The van der Waals surface area contributed by atoms with E-state index >= 15 is 0 Å². The van der Waals surface area contributed by atoms with E-state index in [0.29, 0.717) is 13.2 Å². The Morgan fingerprint density at radius 3 is 1.43 bits per heavy atom. The zero-order chi connectivity index (χ0) is 16.4. The van der Waals surface area contributed by atoms with Crippen molar-refractivity contribution in [3.63, 3.8) is 0 Å². The van der Waals surface area contributed by atoms with E-state index in [0.717, 1.165) is 23.2 Å². The molecule has 0 radical (unpaired) electrons. The van der Waals surface area contributed by atoms with Crippen LogP contribution < -0.4 is 0 Å². The van der Waals surface area contributed by atoms with Gasteiger partial charge in [0.05, 0.1) is 13.2 Å². The van der Waals surface area contributed by atoms with Crippen LogP contribution in [0.3, 0.4) is 0 Å². The molecule has 0 aromatic heterocycles. The lowest BCUT2D eigenvalue weighted by Crippen LogP contribution is -2.40. The first-order valence-corrected chi connectivity index (χ1v) is 10.1. The van der Waals surface area contributed by atoms with Crippen molar-refractivity contribution in [1.29, 1.82) is 0 Å². The summed E-state index contributed by atoms with van der Waals surface area (Å²) in [6, 6.07) is 21.9. The summed E-state index contributed by atoms with van der Waals surface area (Å²) in [6.45, 7) is 8.87. The van der Waals surface area contributed by atoms with Crippen molar-refractivity contribution in [3.05, 3.63) is 97.1 Å². The minimum Gasteiger partial charge on any atom is -0.389 e. The fraction of sp³-hybridized carbons (Fsp3) is 0.200. The van der Waals surface area contributed by atoms with Gasteiger partial charge in [0.25, 0.3) is 0 Å². The van der Waals surface area contributed by atoms with Crippen LogP contribution in [0.2, 0.25) is 12.1 Å². The first-order chi connectivity index (χ1) is 11.3. The molecule has 120 valence electrons. The Morgan fingerprint density at radius 1 is 0.696 bits per heavy atom. The summed E-state index contributed by atoms with van der Waals surface area (Å²) in [5.74, 6) is 0. The van der Waals surface area contributed by atoms with Crippen molar-refractivity contribution in [1.82, 2.24) is 0 Å². The molecule has 3 heteroatoms. The quantitative estimate of drug-likeness (QED) is 0.440. The van der Waals surface area contributed by atoms with Gasteiger partial charge in [0.1, 0.15) is 0 Å². The highest BCUT2D eigenvalue weighted by Gasteiger charge is 2.35. The molecule has 23 heavy (non-hydrogen) atoms. The third kappa shape index (κ3) is 5.64. The van der Waals surface area contributed by atoms with Gasteiger partial charge in [0.2, 0.25) is 0 Å². The van der Waals surface area contributed by atoms with Gasteiger partial charge in [-0.1, -0.05) is 72.8 Å². The molecule has 0 bridgehead atoms. The van der Waals surface area contributed by atoms with Gasteiger partial charge in [-0.15, -0.1) is 13.2 Å². The number of benzene rings is 2. The number of hydrogen-bond acceptors (Lipinski definition) is 2. The van der Waals surface area contributed by atoms with E-state index in [9.17, 15) is 0 Å². The van der Waals surface area contributed by atoms with E-state index in [1.807, 2.05) is 48.6 Å². The van der Waals surface area contributed by atoms with E-state index in [1.54, 1.807) is 0 Å².